The fourth-order valence-corrected chi connectivity index (χ4v) is 2.03. The molecule has 1 heterocycles. The minimum atomic E-state index is -0.338. The summed E-state index contributed by atoms with van der Waals surface area (Å²) < 4.78 is 2.53. The average molecular weight is 231 g/mol. The fraction of sp³-hybridized carbons (Fsp3) is 0.0909. The predicted octanol–water partition coefficient (Wildman–Crippen LogP) is 3.04. The predicted molar refractivity (Wildman–Crippen MR) is 65.7 cm³/mol. The number of hydrogen-bond acceptors (Lipinski definition) is 3. The standard InChI is InChI=1S/C11H9N3OS/c1-7-4-3-5-8(6-7)13-11-9(12-2)10(15)14-16-11/h3-6,13H,1H3,(H,14,15). The summed E-state index contributed by atoms with van der Waals surface area (Å²) in [5.74, 6) is 0. The van der Waals surface area contributed by atoms with Crippen LogP contribution in [0.5, 0.6) is 0 Å². The van der Waals surface area contributed by atoms with Crippen LogP contribution in [0, 0.1) is 13.5 Å². The summed E-state index contributed by atoms with van der Waals surface area (Å²) in [6.45, 7) is 8.91. The third-order valence-electron chi connectivity index (χ3n) is 2.06. The molecule has 80 valence electrons. The number of aromatic nitrogens is 1. The quantitative estimate of drug-likeness (QED) is 0.780. The molecule has 0 spiro atoms. The van der Waals surface area contributed by atoms with Crippen molar-refractivity contribution < 1.29 is 0 Å². The van der Waals surface area contributed by atoms with Gasteiger partial charge in [0, 0.05) is 5.69 Å². The third kappa shape index (κ3) is 1.97. The van der Waals surface area contributed by atoms with Gasteiger partial charge in [0.25, 0.3) is 11.2 Å². The van der Waals surface area contributed by atoms with Gasteiger partial charge in [0.15, 0.2) is 0 Å². The van der Waals surface area contributed by atoms with Gasteiger partial charge < -0.3 is 5.32 Å². The molecular formula is C11H9N3OS. The molecule has 1 aromatic carbocycles. The van der Waals surface area contributed by atoms with Crippen LogP contribution in [0.3, 0.4) is 0 Å². The highest BCUT2D eigenvalue weighted by Crippen LogP contribution is 2.28. The van der Waals surface area contributed by atoms with Crippen LogP contribution in [0.25, 0.3) is 4.85 Å². The molecule has 4 nitrogen and oxygen atoms in total. The van der Waals surface area contributed by atoms with Crippen molar-refractivity contribution >= 4 is 27.9 Å². The van der Waals surface area contributed by atoms with Gasteiger partial charge in [-0.05, 0) is 24.6 Å². The first kappa shape index (κ1) is 10.5. The second-order valence-electron chi connectivity index (χ2n) is 3.32. The van der Waals surface area contributed by atoms with Crippen molar-refractivity contribution in [1.29, 1.82) is 0 Å². The number of rotatable bonds is 2. The highest BCUT2D eigenvalue weighted by molar-refractivity contribution is 7.11. The normalized spacial score (nSPS) is 9.75. The summed E-state index contributed by atoms with van der Waals surface area (Å²) in [5, 5.41) is 3.62. The molecule has 5 heteroatoms. The summed E-state index contributed by atoms with van der Waals surface area (Å²) in [5.41, 5.74) is 1.78. The van der Waals surface area contributed by atoms with E-state index in [2.05, 4.69) is 14.5 Å². The van der Waals surface area contributed by atoms with E-state index in [1.165, 1.54) is 0 Å². The van der Waals surface area contributed by atoms with Crippen LogP contribution < -0.4 is 10.9 Å². The lowest BCUT2D eigenvalue weighted by atomic mass is 10.2. The molecule has 0 fully saturated rings. The average Bonchev–Trinajstić information content (AvgIpc) is 2.59. The van der Waals surface area contributed by atoms with Crippen LogP contribution in [-0.2, 0) is 0 Å². The van der Waals surface area contributed by atoms with E-state index in [9.17, 15) is 4.79 Å². The molecule has 0 saturated carbocycles. The molecular weight excluding hydrogens is 222 g/mol. The maximum Gasteiger partial charge on any atom is 0.285 e. The van der Waals surface area contributed by atoms with Gasteiger partial charge in [-0.1, -0.05) is 23.7 Å². The summed E-state index contributed by atoms with van der Waals surface area (Å²) in [7, 11) is 0. The van der Waals surface area contributed by atoms with Crippen molar-refractivity contribution in [3.8, 4) is 0 Å². The summed E-state index contributed by atoms with van der Waals surface area (Å²) in [4.78, 5) is 14.4. The number of anilines is 2. The zero-order chi connectivity index (χ0) is 11.5. The Morgan fingerprint density at radius 1 is 1.50 bits per heavy atom. The minimum Gasteiger partial charge on any atom is -0.355 e. The molecule has 0 aliphatic rings. The zero-order valence-corrected chi connectivity index (χ0v) is 9.39. The number of benzene rings is 1. The van der Waals surface area contributed by atoms with Crippen molar-refractivity contribution in [3.63, 3.8) is 0 Å². The second-order valence-corrected chi connectivity index (χ2v) is 4.13. The molecule has 0 aliphatic heterocycles. The summed E-state index contributed by atoms with van der Waals surface area (Å²) in [6, 6.07) is 7.76. The topological polar surface area (TPSA) is 49.2 Å². The molecule has 0 amide bonds. The first-order valence-electron chi connectivity index (χ1n) is 4.63. The van der Waals surface area contributed by atoms with E-state index in [-0.39, 0.29) is 11.2 Å². The Morgan fingerprint density at radius 3 is 3.00 bits per heavy atom. The Labute approximate surface area is 96.5 Å². The van der Waals surface area contributed by atoms with Gasteiger partial charge in [-0.2, -0.15) is 0 Å². The number of nitrogens with one attached hydrogen (secondary N) is 2. The smallest absolute Gasteiger partial charge is 0.285 e. The van der Waals surface area contributed by atoms with Crippen LogP contribution in [-0.4, -0.2) is 4.37 Å². The monoisotopic (exact) mass is 231 g/mol. The lowest BCUT2D eigenvalue weighted by Crippen LogP contribution is -1.95. The molecule has 0 atom stereocenters. The molecule has 1 aromatic heterocycles. The van der Waals surface area contributed by atoms with Gasteiger partial charge in [0.1, 0.15) is 5.00 Å². The Balaban J connectivity index is 2.35. The van der Waals surface area contributed by atoms with Crippen LogP contribution in [0.2, 0.25) is 0 Å². The van der Waals surface area contributed by atoms with E-state index in [4.69, 9.17) is 6.57 Å². The van der Waals surface area contributed by atoms with E-state index in [0.717, 1.165) is 22.8 Å². The number of hydrogen-bond donors (Lipinski definition) is 2. The molecule has 2 aromatic rings. The molecule has 16 heavy (non-hydrogen) atoms. The van der Waals surface area contributed by atoms with Gasteiger partial charge in [-0.3, -0.25) is 9.17 Å². The minimum absolute atomic E-state index is 0.117. The molecule has 0 saturated heterocycles. The van der Waals surface area contributed by atoms with Crippen LogP contribution in [0.15, 0.2) is 29.1 Å². The highest BCUT2D eigenvalue weighted by Gasteiger charge is 2.09. The number of nitrogens with zero attached hydrogens (tertiary/aromatic N) is 1. The van der Waals surface area contributed by atoms with E-state index in [1.807, 2.05) is 31.2 Å². The number of aromatic amines is 1. The van der Waals surface area contributed by atoms with E-state index >= 15 is 0 Å². The second kappa shape index (κ2) is 4.21. The molecule has 0 radical (unpaired) electrons. The van der Waals surface area contributed by atoms with Crippen molar-refractivity contribution in [2.24, 2.45) is 0 Å². The van der Waals surface area contributed by atoms with Crippen molar-refractivity contribution in [2.45, 2.75) is 6.92 Å². The van der Waals surface area contributed by atoms with Gasteiger partial charge in [-0.15, -0.1) is 0 Å². The van der Waals surface area contributed by atoms with Gasteiger partial charge in [0.05, 0.1) is 6.57 Å². The van der Waals surface area contributed by atoms with Gasteiger partial charge in [-0.25, -0.2) is 4.85 Å². The molecule has 0 aliphatic carbocycles. The summed E-state index contributed by atoms with van der Waals surface area (Å²) >= 11 is 1.14. The lowest BCUT2D eigenvalue weighted by Gasteiger charge is -2.04. The van der Waals surface area contributed by atoms with Crippen molar-refractivity contribution in [2.75, 3.05) is 5.32 Å². The maximum absolute atomic E-state index is 11.2. The highest BCUT2D eigenvalue weighted by atomic mass is 32.1. The van der Waals surface area contributed by atoms with E-state index < -0.39 is 0 Å². The zero-order valence-electron chi connectivity index (χ0n) is 8.57. The molecule has 0 unspecified atom stereocenters. The number of H-pyrrole nitrogens is 1. The van der Waals surface area contributed by atoms with Gasteiger partial charge >= 0.3 is 0 Å². The fourth-order valence-electron chi connectivity index (χ4n) is 1.34. The first-order chi connectivity index (χ1) is 7.70. The molecule has 2 N–H and O–H groups in total. The Bertz CT molecular complexity index is 606. The molecule has 2 rings (SSSR count). The van der Waals surface area contributed by atoms with Gasteiger partial charge in [0.2, 0.25) is 0 Å². The third-order valence-corrected chi connectivity index (χ3v) is 2.85. The Morgan fingerprint density at radius 2 is 2.31 bits per heavy atom. The van der Waals surface area contributed by atoms with E-state index in [0.29, 0.717) is 5.00 Å². The molecule has 0 bridgehead atoms. The van der Waals surface area contributed by atoms with Crippen molar-refractivity contribution in [1.82, 2.24) is 4.37 Å². The Hall–Kier alpha value is -2.06. The van der Waals surface area contributed by atoms with Crippen LogP contribution in [0.4, 0.5) is 16.4 Å². The maximum atomic E-state index is 11.2. The Kier molecular flexibility index (Phi) is 2.75. The van der Waals surface area contributed by atoms with E-state index in [1.54, 1.807) is 0 Å². The first-order valence-corrected chi connectivity index (χ1v) is 5.45. The van der Waals surface area contributed by atoms with Crippen LogP contribution in [0.1, 0.15) is 5.56 Å². The number of aryl methyl sites for hydroxylation is 1. The van der Waals surface area contributed by atoms with Crippen molar-refractivity contribution in [3.05, 3.63) is 51.6 Å². The summed E-state index contributed by atoms with van der Waals surface area (Å²) in [6.07, 6.45) is 0. The van der Waals surface area contributed by atoms with Crippen LogP contribution >= 0.6 is 11.5 Å². The lowest BCUT2D eigenvalue weighted by molar-refractivity contribution is 1.44. The SMILES string of the molecule is [C-]#[N+]c1c(Nc2cccc(C)c2)s[nH]c1=O. The largest absolute Gasteiger partial charge is 0.355 e.